The molecule has 4 nitrogen and oxygen atoms in total. The fourth-order valence-electron chi connectivity index (χ4n) is 2.27. The number of hydrogen-bond donors (Lipinski definition) is 1. The van der Waals surface area contributed by atoms with Crippen LogP contribution in [0, 0.1) is 0 Å². The van der Waals surface area contributed by atoms with Gasteiger partial charge in [-0.25, -0.2) is 4.79 Å². The molecule has 0 spiro atoms. The first-order chi connectivity index (χ1) is 7.46. The molecule has 0 unspecified atom stereocenters. The Morgan fingerprint density at radius 3 is 3.00 bits per heavy atom. The lowest BCUT2D eigenvalue weighted by atomic mass is 10.2. The monoisotopic (exact) mass is 224 g/mol. The average molecular weight is 224 g/mol. The fraction of sp³-hybridized carbons (Fsp3) is 0.750. The van der Waals surface area contributed by atoms with Gasteiger partial charge < -0.3 is 15.0 Å². The number of nitrogens with zero attached hydrogens (tertiary/aromatic N) is 1. The summed E-state index contributed by atoms with van der Waals surface area (Å²) in [5.41, 5.74) is 0.952. The number of rotatable bonds is 1. The van der Waals surface area contributed by atoms with Crippen LogP contribution in [0.15, 0.2) is 11.8 Å². The Kier molecular flexibility index (Phi) is 2.82. The predicted molar refractivity (Wildman–Crippen MR) is 61.8 cm³/mol. The zero-order valence-corrected chi connectivity index (χ0v) is 10.2. The predicted octanol–water partition coefficient (Wildman–Crippen LogP) is 2.22. The molecule has 2 rings (SSSR count). The molecule has 0 aromatic heterocycles. The summed E-state index contributed by atoms with van der Waals surface area (Å²) >= 11 is 0. The molecule has 0 bridgehead atoms. The zero-order valence-electron chi connectivity index (χ0n) is 10.2. The second-order valence-electron chi connectivity index (χ2n) is 5.38. The molecule has 1 atom stereocenters. The minimum absolute atomic E-state index is 0.128. The topological polar surface area (TPSA) is 41.6 Å². The van der Waals surface area contributed by atoms with Gasteiger partial charge in [0.2, 0.25) is 0 Å². The molecular weight excluding hydrogens is 204 g/mol. The van der Waals surface area contributed by atoms with E-state index >= 15 is 0 Å². The molecule has 90 valence electrons. The molecule has 16 heavy (non-hydrogen) atoms. The molecule has 0 radical (unpaired) electrons. The van der Waals surface area contributed by atoms with E-state index < -0.39 is 5.60 Å². The van der Waals surface area contributed by atoms with Gasteiger partial charge in [0.15, 0.2) is 0 Å². The quantitative estimate of drug-likeness (QED) is 0.742. The highest BCUT2D eigenvalue weighted by molar-refractivity contribution is 5.68. The third-order valence-electron chi connectivity index (χ3n) is 2.85. The van der Waals surface area contributed by atoms with Gasteiger partial charge in [-0.05, 0) is 40.0 Å². The first-order valence-electron chi connectivity index (χ1n) is 5.91. The van der Waals surface area contributed by atoms with Crippen LogP contribution >= 0.6 is 0 Å². The maximum absolute atomic E-state index is 11.6. The Labute approximate surface area is 96.6 Å². The van der Waals surface area contributed by atoms with E-state index in [2.05, 4.69) is 16.3 Å². The largest absolute Gasteiger partial charge is 0.444 e. The second-order valence-corrected chi connectivity index (χ2v) is 5.38. The Morgan fingerprint density at radius 1 is 1.56 bits per heavy atom. The van der Waals surface area contributed by atoms with Crippen molar-refractivity contribution in [3.63, 3.8) is 0 Å². The van der Waals surface area contributed by atoms with Crippen LogP contribution < -0.4 is 5.32 Å². The second kappa shape index (κ2) is 4.00. The summed E-state index contributed by atoms with van der Waals surface area (Å²) < 4.78 is 5.25. The van der Waals surface area contributed by atoms with Gasteiger partial charge in [-0.2, -0.15) is 0 Å². The number of hydrogen-bond acceptors (Lipinski definition) is 3. The summed E-state index contributed by atoms with van der Waals surface area (Å²) in [6.07, 6.45) is 5.23. The number of fused-ring (bicyclic) bond motifs is 1. The molecule has 4 heteroatoms. The Morgan fingerprint density at radius 2 is 2.31 bits per heavy atom. The Bertz CT molecular complexity index is 317. The van der Waals surface area contributed by atoms with E-state index in [0.29, 0.717) is 0 Å². The molecular formula is C12H20N2O2. The lowest BCUT2D eigenvalue weighted by Gasteiger charge is -2.27. The molecule has 1 amide bonds. The molecule has 1 N–H and O–H groups in total. The third-order valence-corrected chi connectivity index (χ3v) is 2.85. The van der Waals surface area contributed by atoms with Gasteiger partial charge in [-0.1, -0.05) is 6.08 Å². The number of carbonyl (C=O) groups excluding carboxylic acids is 1. The van der Waals surface area contributed by atoms with E-state index in [1.165, 1.54) is 5.70 Å². The van der Waals surface area contributed by atoms with Gasteiger partial charge in [0, 0.05) is 12.2 Å². The van der Waals surface area contributed by atoms with E-state index in [0.717, 1.165) is 25.8 Å². The van der Waals surface area contributed by atoms with Crippen molar-refractivity contribution >= 4 is 6.09 Å². The number of carbonyl (C=O) groups is 1. The average Bonchev–Trinajstić information content (AvgIpc) is 2.66. The molecule has 2 aliphatic heterocycles. The van der Waals surface area contributed by atoms with Crippen LogP contribution in [0.1, 0.15) is 40.0 Å². The van der Waals surface area contributed by atoms with Crippen molar-refractivity contribution in [2.24, 2.45) is 0 Å². The highest BCUT2D eigenvalue weighted by Gasteiger charge is 2.32. The van der Waals surface area contributed by atoms with E-state index in [1.807, 2.05) is 20.8 Å². The molecule has 1 saturated heterocycles. The van der Waals surface area contributed by atoms with Crippen molar-refractivity contribution in [3.8, 4) is 0 Å². The van der Waals surface area contributed by atoms with Gasteiger partial charge in [0.05, 0.1) is 0 Å². The van der Waals surface area contributed by atoms with E-state index in [-0.39, 0.29) is 12.3 Å². The fourth-order valence-corrected chi connectivity index (χ4v) is 2.27. The molecule has 0 aromatic rings. The van der Waals surface area contributed by atoms with Gasteiger partial charge in [0.25, 0.3) is 0 Å². The molecule has 0 aromatic carbocycles. The molecule has 2 aliphatic rings. The van der Waals surface area contributed by atoms with Crippen molar-refractivity contribution in [2.45, 2.75) is 51.8 Å². The van der Waals surface area contributed by atoms with Crippen LogP contribution in [0.5, 0.6) is 0 Å². The van der Waals surface area contributed by atoms with Crippen LogP contribution in [0.25, 0.3) is 0 Å². The van der Waals surface area contributed by atoms with Crippen LogP contribution in [0.4, 0.5) is 4.79 Å². The number of allylic oxidation sites excluding steroid dienone is 1. The lowest BCUT2D eigenvalue weighted by molar-refractivity contribution is 0.0462. The summed E-state index contributed by atoms with van der Waals surface area (Å²) in [6.45, 7) is 6.66. The number of alkyl carbamates (subject to hydrolysis) is 1. The van der Waals surface area contributed by atoms with Gasteiger partial charge in [-0.3, -0.25) is 0 Å². The summed E-state index contributed by atoms with van der Waals surface area (Å²) in [7, 11) is 0. The maximum Gasteiger partial charge on any atom is 0.409 e. The highest BCUT2D eigenvalue weighted by Crippen LogP contribution is 2.30. The zero-order chi connectivity index (χ0) is 11.8. The summed E-state index contributed by atoms with van der Waals surface area (Å²) in [5.74, 6) is 0. The Hall–Kier alpha value is -1.19. The van der Waals surface area contributed by atoms with Crippen molar-refractivity contribution in [3.05, 3.63) is 11.8 Å². The van der Waals surface area contributed by atoms with Crippen LogP contribution in [0.3, 0.4) is 0 Å². The molecule has 0 aliphatic carbocycles. The maximum atomic E-state index is 11.6. The minimum Gasteiger partial charge on any atom is -0.444 e. The highest BCUT2D eigenvalue weighted by atomic mass is 16.6. The molecule has 2 heterocycles. The third kappa shape index (κ3) is 2.49. The standard InChI is InChI=1S/C12H20N2O2/c1-12(2,3)16-11(15)13-10-7-6-9-5-4-8-14(9)10/h5,10H,4,6-8H2,1-3H3,(H,13,15)/t10-/m0/s1. The smallest absolute Gasteiger partial charge is 0.409 e. The first-order valence-corrected chi connectivity index (χ1v) is 5.91. The van der Waals surface area contributed by atoms with Gasteiger partial charge >= 0.3 is 6.09 Å². The van der Waals surface area contributed by atoms with Crippen molar-refractivity contribution < 1.29 is 9.53 Å². The summed E-state index contributed by atoms with van der Waals surface area (Å²) in [4.78, 5) is 13.9. The summed E-state index contributed by atoms with van der Waals surface area (Å²) in [5, 5.41) is 2.93. The van der Waals surface area contributed by atoms with Gasteiger partial charge in [-0.15, -0.1) is 0 Å². The lowest BCUT2D eigenvalue weighted by Crippen LogP contribution is -2.45. The number of amides is 1. The Balaban J connectivity index is 1.87. The molecule has 1 fully saturated rings. The van der Waals surface area contributed by atoms with Crippen molar-refractivity contribution in [2.75, 3.05) is 6.54 Å². The number of ether oxygens (including phenoxy) is 1. The normalized spacial score (nSPS) is 24.1. The van der Waals surface area contributed by atoms with Crippen LogP contribution in [0.2, 0.25) is 0 Å². The van der Waals surface area contributed by atoms with E-state index in [1.54, 1.807) is 0 Å². The van der Waals surface area contributed by atoms with Gasteiger partial charge in [0.1, 0.15) is 11.8 Å². The summed E-state index contributed by atoms with van der Waals surface area (Å²) in [6, 6.07) is 0. The van der Waals surface area contributed by atoms with Crippen LogP contribution in [-0.4, -0.2) is 29.3 Å². The first kappa shape index (κ1) is 11.3. The van der Waals surface area contributed by atoms with Crippen molar-refractivity contribution in [1.29, 1.82) is 0 Å². The SMILES string of the molecule is CC(C)(C)OC(=O)N[C@@H]1CCC2=CCCN21. The minimum atomic E-state index is -0.424. The van der Waals surface area contributed by atoms with E-state index in [4.69, 9.17) is 4.74 Å². The molecule has 0 saturated carbocycles. The van der Waals surface area contributed by atoms with Crippen LogP contribution in [-0.2, 0) is 4.74 Å². The number of nitrogens with one attached hydrogen (secondary N) is 1. The van der Waals surface area contributed by atoms with Crippen molar-refractivity contribution in [1.82, 2.24) is 10.2 Å². The van der Waals surface area contributed by atoms with E-state index in [9.17, 15) is 4.79 Å².